The maximum Gasteiger partial charge on any atom is 0.0210 e. The monoisotopic (exact) mass is 218 g/mol. The van der Waals surface area contributed by atoms with E-state index in [1.54, 1.807) is 0 Å². The van der Waals surface area contributed by atoms with Crippen LogP contribution in [-0.2, 0) is 13.0 Å². The van der Waals surface area contributed by atoms with E-state index in [1.807, 2.05) is 0 Å². The van der Waals surface area contributed by atoms with Gasteiger partial charge in [0.1, 0.15) is 0 Å². The molecule has 0 radical (unpaired) electrons. The summed E-state index contributed by atoms with van der Waals surface area (Å²) in [6, 6.07) is 9.47. The summed E-state index contributed by atoms with van der Waals surface area (Å²) in [6.45, 7) is 2.24. The van der Waals surface area contributed by atoms with E-state index in [2.05, 4.69) is 48.6 Å². The first-order valence-electron chi connectivity index (χ1n) is 6.20. The molecule has 1 heterocycles. The van der Waals surface area contributed by atoms with Crippen LogP contribution in [0.4, 0.5) is 0 Å². The molecule has 1 aliphatic heterocycles. The molecule has 2 heteroatoms. The van der Waals surface area contributed by atoms with E-state index in [4.69, 9.17) is 0 Å². The smallest absolute Gasteiger partial charge is 0.0210 e. The molecule has 0 bridgehead atoms. The molecule has 1 atom stereocenters. The number of nitrogens with zero attached hydrogens (tertiary/aromatic N) is 1. The molecule has 16 heavy (non-hydrogen) atoms. The normalized spacial score (nSPS) is 19.8. The zero-order chi connectivity index (χ0) is 11.4. The van der Waals surface area contributed by atoms with E-state index in [-0.39, 0.29) is 0 Å². The van der Waals surface area contributed by atoms with Gasteiger partial charge >= 0.3 is 0 Å². The van der Waals surface area contributed by atoms with E-state index in [0.717, 1.165) is 6.54 Å². The molecule has 88 valence electrons. The summed E-state index contributed by atoms with van der Waals surface area (Å²) in [7, 11) is 4.28. The van der Waals surface area contributed by atoms with Crippen molar-refractivity contribution in [1.29, 1.82) is 0 Å². The number of benzene rings is 1. The van der Waals surface area contributed by atoms with Crippen molar-refractivity contribution in [2.75, 3.05) is 20.6 Å². The largest absolute Gasteiger partial charge is 0.310 e. The Balaban J connectivity index is 1.83. The summed E-state index contributed by atoms with van der Waals surface area (Å²) < 4.78 is 0. The second-order valence-corrected chi connectivity index (χ2v) is 5.00. The summed E-state index contributed by atoms with van der Waals surface area (Å²) >= 11 is 0. The second-order valence-electron chi connectivity index (χ2n) is 5.00. The molecule has 0 aromatic heterocycles. The lowest BCUT2D eigenvalue weighted by atomic mass is 9.93. The Morgan fingerprint density at radius 2 is 2.00 bits per heavy atom. The molecule has 1 aromatic rings. The summed E-state index contributed by atoms with van der Waals surface area (Å²) in [6.07, 6.45) is 3.77. The van der Waals surface area contributed by atoms with E-state index in [9.17, 15) is 0 Å². The Kier molecular flexibility index (Phi) is 3.97. The minimum absolute atomic E-state index is 0.676. The van der Waals surface area contributed by atoms with Crippen molar-refractivity contribution in [2.45, 2.75) is 31.8 Å². The van der Waals surface area contributed by atoms with Gasteiger partial charge in [-0.2, -0.15) is 0 Å². The quantitative estimate of drug-likeness (QED) is 0.832. The highest BCUT2D eigenvalue weighted by Crippen LogP contribution is 2.18. The lowest BCUT2D eigenvalue weighted by Gasteiger charge is -2.26. The summed E-state index contributed by atoms with van der Waals surface area (Å²) in [5, 5.41) is 3.63. The van der Waals surface area contributed by atoms with Crippen LogP contribution in [0.1, 0.15) is 24.0 Å². The third-order valence-electron chi connectivity index (χ3n) is 3.32. The molecular formula is C14H22N2. The standard InChI is InChI=1S/C14H22N2/c1-16(2)9-5-8-14-10-12-6-3-4-7-13(12)11-15-14/h3-4,6-7,14-15H,5,8-11H2,1-2H3. The highest BCUT2D eigenvalue weighted by Gasteiger charge is 2.16. The summed E-state index contributed by atoms with van der Waals surface area (Å²) in [5.74, 6) is 0. The van der Waals surface area contributed by atoms with Crippen molar-refractivity contribution < 1.29 is 0 Å². The zero-order valence-electron chi connectivity index (χ0n) is 10.4. The predicted molar refractivity (Wildman–Crippen MR) is 68.6 cm³/mol. The molecule has 2 rings (SSSR count). The van der Waals surface area contributed by atoms with Crippen molar-refractivity contribution in [1.82, 2.24) is 10.2 Å². The van der Waals surface area contributed by atoms with Crippen molar-refractivity contribution >= 4 is 0 Å². The molecule has 0 fully saturated rings. The van der Waals surface area contributed by atoms with E-state index in [0.29, 0.717) is 6.04 Å². The molecule has 1 unspecified atom stereocenters. The minimum atomic E-state index is 0.676. The molecule has 0 aliphatic carbocycles. The number of hydrogen-bond donors (Lipinski definition) is 1. The van der Waals surface area contributed by atoms with Crippen molar-refractivity contribution in [2.24, 2.45) is 0 Å². The predicted octanol–water partition coefficient (Wildman–Crippen LogP) is 2.04. The Hall–Kier alpha value is -0.860. The minimum Gasteiger partial charge on any atom is -0.310 e. The van der Waals surface area contributed by atoms with Gasteiger partial charge in [0.05, 0.1) is 0 Å². The fourth-order valence-corrected chi connectivity index (χ4v) is 2.38. The Labute approximate surface area is 98.7 Å². The van der Waals surface area contributed by atoms with Crippen LogP contribution >= 0.6 is 0 Å². The SMILES string of the molecule is CN(C)CCCC1Cc2ccccc2CN1. The molecule has 0 saturated carbocycles. The van der Waals surface area contributed by atoms with Crippen LogP contribution in [0.2, 0.25) is 0 Å². The average molecular weight is 218 g/mol. The van der Waals surface area contributed by atoms with Gasteiger partial charge in [-0.05, 0) is 51.0 Å². The lowest BCUT2D eigenvalue weighted by molar-refractivity contribution is 0.363. The molecule has 2 nitrogen and oxygen atoms in total. The topological polar surface area (TPSA) is 15.3 Å². The first-order chi connectivity index (χ1) is 7.75. The lowest BCUT2D eigenvalue weighted by Crippen LogP contribution is -2.35. The van der Waals surface area contributed by atoms with E-state index >= 15 is 0 Å². The fraction of sp³-hybridized carbons (Fsp3) is 0.571. The van der Waals surface area contributed by atoms with Crippen LogP contribution in [0.3, 0.4) is 0 Å². The third-order valence-corrected chi connectivity index (χ3v) is 3.32. The zero-order valence-corrected chi connectivity index (χ0v) is 10.4. The van der Waals surface area contributed by atoms with E-state index in [1.165, 1.54) is 36.9 Å². The molecule has 0 saturated heterocycles. The van der Waals surface area contributed by atoms with Gasteiger partial charge in [-0.25, -0.2) is 0 Å². The Bertz CT molecular complexity index is 333. The van der Waals surface area contributed by atoms with E-state index < -0.39 is 0 Å². The highest BCUT2D eigenvalue weighted by molar-refractivity contribution is 5.29. The van der Waals surface area contributed by atoms with Gasteiger partial charge in [0.15, 0.2) is 0 Å². The van der Waals surface area contributed by atoms with Crippen LogP contribution in [0.5, 0.6) is 0 Å². The van der Waals surface area contributed by atoms with Gasteiger partial charge in [-0.1, -0.05) is 24.3 Å². The maximum absolute atomic E-state index is 3.63. The molecule has 0 amide bonds. The van der Waals surface area contributed by atoms with Gasteiger partial charge in [0.2, 0.25) is 0 Å². The third kappa shape index (κ3) is 3.06. The van der Waals surface area contributed by atoms with Crippen LogP contribution in [0, 0.1) is 0 Å². The number of rotatable bonds is 4. The first kappa shape index (κ1) is 11.6. The first-order valence-corrected chi connectivity index (χ1v) is 6.20. The molecular weight excluding hydrogens is 196 g/mol. The van der Waals surface area contributed by atoms with Crippen molar-refractivity contribution in [3.8, 4) is 0 Å². The summed E-state index contributed by atoms with van der Waals surface area (Å²) in [4.78, 5) is 2.26. The van der Waals surface area contributed by atoms with Crippen LogP contribution in [0.15, 0.2) is 24.3 Å². The molecule has 0 spiro atoms. The Morgan fingerprint density at radius 3 is 2.75 bits per heavy atom. The number of fused-ring (bicyclic) bond motifs is 1. The van der Waals surface area contributed by atoms with Gasteiger partial charge in [-0.3, -0.25) is 0 Å². The van der Waals surface area contributed by atoms with Crippen molar-refractivity contribution in [3.63, 3.8) is 0 Å². The van der Waals surface area contributed by atoms with Gasteiger partial charge < -0.3 is 10.2 Å². The number of hydrogen-bond acceptors (Lipinski definition) is 2. The summed E-state index contributed by atoms with van der Waals surface area (Å²) in [5.41, 5.74) is 3.02. The van der Waals surface area contributed by atoms with Crippen molar-refractivity contribution in [3.05, 3.63) is 35.4 Å². The van der Waals surface area contributed by atoms with Gasteiger partial charge in [0.25, 0.3) is 0 Å². The number of nitrogens with one attached hydrogen (secondary N) is 1. The fourth-order valence-electron chi connectivity index (χ4n) is 2.38. The maximum atomic E-state index is 3.63. The highest BCUT2D eigenvalue weighted by atomic mass is 15.0. The molecule has 1 aromatic carbocycles. The van der Waals surface area contributed by atoms with Crippen LogP contribution in [0.25, 0.3) is 0 Å². The Morgan fingerprint density at radius 1 is 1.25 bits per heavy atom. The second kappa shape index (κ2) is 5.46. The van der Waals surface area contributed by atoms with Gasteiger partial charge in [0, 0.05) is 12.6 Å². The average Bonchev–Trinajstić information content (AvgIpc) is 2.28. The van der Waals surface area contributed by atoms with Crippen LogP contribution in [-0.4, -0.2) is 31.6 Å². The molecule has 1 N–H and O–H groups in total. The van der Waals surface area contributed by atoms with Crippen LogP contribution < -0.4 is 5.32 Å². The molecule has 1 aliphatic rings. The van der Waals surface area contributed by atoms with Gasteiger partial charge in [-0.15, -0.1) is 0 Å².